The van der Waals surface area contributed by atoms with E-state index in [1.165, 1.54) is 0 Å². The minimum atomic E-state index is -0.749. The molecule has 2 amide bonds. The monoisotopic (exact) mass is 296 g/mol. The number of halogens is 2. The third kappa shape index (κ3) is 2.49. The summed E-state index contributed by atoms with van der Waals surface area (Å²) in [5, 5.41) is 6.47. The van der Waals surface area contributed by atoms with Gasteiger partial charge in [0.25, 0.3) is 0 Å². The molecule has 1 aromatic carbocycles. The number of amides is 2. The Kier molecular flexibility index (Phi) is 3.36. The first kappa shape index (κ1) is 13.7. The molecule has 0 saturated heterocycles. The van der Waals surface area contributed by atoms with E-state index in [4.69, 9.17) is 11.6 Å². The van der Waals surface area contributed by atoms with Gasteiger partial charge in [0, 0.05) is 17.0 Å². The molecule has 3 nitrogen and oxygen atoms in total. The van der Waals surface area contributed by atoms with Crippen molar-refractivity contribution < 1.29 is 9.18 Å². The number of hydrogen-bond acceptors (Lipinski definition) is 1. The van der Waals surface area contributed by atoms with Crippen LogP contribution < -0.4 is 10.6 Å². The number of nitrogens with one attached hydrogen (secondary N) is 2. The Morgan fingerprint density at radius 3 is 2.80 bits per heavy atom. The second-order valence-electron chi connectivity index (χ2n) is 6.04. The average molecular weight is 297 g/mol. The maximum Gasteiger partial charge on any atom is 0.315 e. The summed E-state index contributed by atoms with van der Waals surface area (Å²) >= 11 is 5.94. The summed E-state index contributed by atoms with van der Waals surface area (Å²) in [5.41, 5.74) is 0.647. The summed E-state index contributed by atoms with van der Waals surface area (Å²) in [6.45, 7) is 1.90. The highest BCUT2D eigenvalue weighted by Gasteiger charge is 2.57. The molecular weight excluding hydrogens is 279 g/mol. The lowest BCUT2D eigenvalue weighted by Gasteiger charge is -2.38. The number of fused-ring (bicyclic) bond motifs is 1. The topological polar surface area (TPSA) is 41.1 Å². The number of carbonyl (C=O) groups excluding carboxylic acids is 1. The molecule has 3 aliphatic carbocycles. The summed E-state index contributed by atoms with van der Waals surface area (Å²) in [4.78, 5) is 12.0. The molecule has 108 valence electrons. The smallest absolute Gasteiger partial charge is 0.315 e. The molecule has 3 fully saturated rings. The first-order valence-electron chi connectivity index (χ1n) is 6.96. The fourth-order valence-corrected chi connectivity index (χ4v) is 3.59. The lowest BCUT2D eigenvalue weighted by Crippen LogP contribution is -2.55. The highest BCUT2D eigenvalue weighted by atomic mass is 35.5. The third-order valence-corrected chi connectivity index (χ3v) is 4.71. The van der Waals surface area contributed by atoms with Gasteiger partial charge in [-0.3, -0.25) is 0 Å². The van der Waals surface area contributed by atoms with Gasteiger partial charge >= 0.3 is 6.03 Å². The van der Waals surface area contributed by atoms with Crippen molar-refractivity contribution in [2.45, 2.75) is 43.9 Å². The van der Waals surface area contributed by atoms with Gasteiger partial charge in [-0.25, -0.2) is 9.18 Å². The molecule has 20 heavy (non-hydrogen) atoms. The molecule has 2 atom stereocenters. The second-order valence-corrected chi connectivity index (χ2v) is 6.48. The van der Waals surface area contributed by atoms with Crippen LogP contribution in [0.4, 0.5) is 9.18 Å². The van der Waals surface area contributed by atoms with E-state index in [1.54, 1.807) is 6.07 Å². The van der Waals surface area contributed by atoms with Crippen molar-refractivity contribution in [3.63, 3.8) is 0 Å². The maximum absolute atomic E-state index is 13.4. The van der Waals surface area contributed by atoms with Crippen LogP contribution in [0.25, 0.3) is 0 Å². The first-order valence-corrected chi connectivity index (χ1v) is 7.33. The maximum atomic E-state index is 13.4. The molecule has 0 aliphatic heterocycles. The zero-order valence-corrected chi connectivity index (χ0v) is 12.1. The van der Waals surface area contributed by atoms with E-state index < -0.39 is 6.17 Å². The SMILES string of the molecule is C[C@H](NC(=O)NC12CC(F)C(C1)C2)c1cccc(Cl)c1. The first-order chi connectivity index (χ1) is 9.47. The molecule has 0 radical (unpaired) electrons. The van der Waals surface area contributed by atoms with Gasteiger partial charge in [-0.15, -0.1) is 0 Å². The van der Waals surface area contributed by atoms with Crippen molar-refractivity contribution in [1.29, 1.82) is 0 Å². The number of alkyl halides is 1. The van der Waals surface area contributed by atoms with Crippen molar-refractivity contribution in [2.24, 2.45) is 5.92 Å². The molecule has 4 rings (SSSR count). The summed E-state index contributed by atoms with van der Waals surface area (Å²) in [6.07, 6.45) is 1.25. The average Bonchev–Trinajstić information content (AvgIpc) is 2.80. The second kappa shape index (κ2) is 4.92. The van der Waals surface area contributed by atoms with E-state index in [0.717, 1.165) is 18.4 Å². The standard InChI is InChI=1S/C15H18ClFN2O/c1-9(10-3-2-4-12(16)5-10)18-14(20)19-15-6-11(7-15)13(17)8-15/h2-5,9,11,13H,6-8H2,1H3,(H2,18,19,20)/t9-,11?,13?,15?/m0/s1. The van der Waals surface area contributed by atoms with E-state index in [2.05, 4.69) is 10.6 Å². The van der Waals surface area contributed by atoms with Crippen molar-refractivity contribution in [3.8, 4) is 0 Å². The van der Waals surface area contributed by atoms with Crippen molar-refractivity contribution in [1.82, 2.24) is 10.6 Å². The quantitative estimate of drug-likeness (QED) is 0.879. The molecule has 2 bridgehead atoms. The van der Waals surface area contributed by atoms with Crippen LogP contribution in [0.3, 0.4) is 0 Å². The Morgan fingerprint density at radius 2 is 2.20 bits per heavy atom. The predicted octanol–water partition coefficient (Wildman–Crippen LogP) is 3.59. The molecule has 5 heteroatoms. The summed E-state index contributed by atoms with van der Waals surface area (Å²) < 4.78 is 13.4. The molecule has 0 aromatic heterocycles. The van der Waals surface area contributed by atoms with Crippen LogP contribution in [0, 0.1) is 5.92 Å². The zero-order chi connectivity index (χ0) is 14.3. The predicted molar refractivity (Wildman–Crippen MR) is 76.5 cm³/mol. The molecule has 1 unspecified atom stereocenters. The van der Waals surface area contributed by atoms with Crippen molar-refractivity contribution in [2.75, 3.05) is 0 Å². The van der Waals surface area contributed by atoms with E-state index in [-0.39, 0.29) is 23.5 Å². The minimum Gasteiger partial charge on any atom is -0.333 e. The highest BCUT2D eigenvalue weighted by molar-refractivity contribution is 6.30. The van der Waals surface area contributed by atoms with Gasteiger partial charge in [0.05, 0.1) is 6.04 Å². The largest absolute Gasteiger partial charge is 0.333 e. The number of rotatable bonds is 3. The van der Waals surface area contributed by atoms with E-state index in [1.807, 2.05) is 25.1 Å². The van der Waals surface area contributed by atoms with Gasteiger partial charge in [-0.2, -0.15) is 0 Å². The highest BCUT2D eigenvalue weighted by Crippen LogP contribution is 2.53. The van der Waals surface area contributed by atoms with Gasteiger partial charge in [0.1, 0.15) is 6.17 Å². The fraction of sp³-hybridized carbons (Fsp3) is 0.533. The van der Waals surface area contributed by atoms with Crippen LogP contribution in [0.5, 0.6) is 0 Å². The normalized spacial score (nSPS) is 32.4. The summed E-state index contributed by atoms with van der Waals surface area (Å²) in [6, 6.07) is 7.03. The molecular formula is C15H18ClFN2O. The minimum absolute atomic E-state index is 0.136. The van der Waals surface area contributed by atoms with Gasteiger partial charge in [0.2, 0.25) is 0 Å². The summed E-state index contributed by atoms with van der Waals surface area (Å²) in [7, 11) is 0. The van der Waals surface area contributed by atoms with Gasteiger partial charge in [-0.1, -0.05) is 23.7 Å². The molecule has 3 aliphatic rings. The number of hydrogen-bond donors (Lipinski definition) is 2. The summed E-state index contributed by atoms with van der Waals surface area (Å²) in [5.74, 6) is 0.153. The lowest BCUT2D eigenvalue weighted by molar-refractivity contribution is 0.167. The Morgan fingerprint density at radius 1 is 1.45 bits per heavy atom. The molecule has 0 spiro atoms. The third-order valence-electron chi connectivity index (χ3n) is 4.48. The van der Waals surface area contributed by atoms with Crippen LogP contribution in [0.1, 0.15) is 37.8 Å². The van der Waals surface area contributed by atoms with Crippen LogP contribution >= 0.6 is 11.6 Å². The Bertz CT molecular complexity index is 530. The zero-order valence-electron chi connectivity index (χ0n) is 11.3. The van der Waals surface area contributed by atoms with Gasteiger partial charge in [0.15, 0.2) is 0 Å². The molecule has 1 aromatic rings. The fourth-order valence-electron chi connectivity index (χ4n) is 3.39. The van der Waals surface area contributed by atoms with Crippen molar-refractivity contribution >= 4 is 17.6 Å². The Labute approximate surface area is 122 Å². The molecule has 0 heterocycles. The number of carbonyl (C=O) groups is 1. The van der Waals surface area contributed by atoms with E-state index in [9.17, 15) is 9.18 Å². The van der Waals surface area contributed by atoms with Crippen molar-refractivity contribution in [3.05, 3.63) is 34.9 Å². The molecule has 2 N–H and O–H groups in total. The van der Waals surface area contributed by atoms with E-state index in [0.29, 0.717) is 11.4 Å². The number of benzene rings is 1. The van der Waals surface area contributed by atoms with E-state index >= 15 is 0 Å². The number of urea groups is 1. The van der Waals surface area contributed by atoms with Gasteiger partial charge < -0.3 is 10.6 Å². The Balaban J connectivity index is 1.57. The van der Waals surface area contributed by atoms with Crippen LogP contribution in [-0.4, -0.2) is 17.7 Å². The van der Waals surface area contributed by atoms with Crippen LogP contribution in [0.15, 0.2) is 24.3 Å². The van der Waals surface area contributed by atoms with Gasteiger partial charge in [-0.05, 0) is 43.4 Å². The van der Waals surface area contributed by atoms with Crippen LogP contribution in [-0.2, 0) is 0 Å². The Hall–Kier alpha value is -1.29. The van der Waals surface area contributed by atoms with Crippen LogP contribution in [0.2, 0.25) is 5.02 Å². The lowest BCUT2D eigenvalue weighted by atomic mass is 9.77. The molecule has 3 saturated carbocycles.